The van der Waals surface area contributed by atoms with Gasteiger partial charge in [0.15, 0.2) is 5.78 Å². The van der Waals surface area contributed by atoms with E-state index < -0.39 is 0 Å². The lowest BCUT2D eigenvalue weighted by molar-refractivity contribution is -0.111. The van der Waals surface area contributed by atoms with Crippen LogP contribution in [0.2, 0.25) is 0 Å². The first-order valence-electron chi connectivity index (χ1n) is 3.01. The van der Waals surface area contributed by atoms with Crippen LogP contribution in [-0.4, -0.2) is 12.1 Å². The zero-order valence-electron chi connectivity index (χ0n) is 6.13. The van der Waals surface area contributed by atoms with Crippen LogP contribution in [0.5, 0.6) is 0 Å². The van der Waals surface area contributed by atoms with Gasteiger partial charge in [-0.25, -0.2) is 0 Å². The molecule has 2 heteroatoms. The van der Waals surface area contributed by atoms with E-state index in [1.165, 1.54) is 12.2 Å². The number of hydrogen-bond donors (Lipinski definition) is 0. The summed E-state index contributed by atoms with van der Waals surface area (Å²) in [5, 5.41) is 0. The molecule has 0 heterocycles. The zero-order chi connectivity index (χ0) is 7.98. The van der Waals surface area contributed by atoms with Crippen LogP contribution in [0.25, 0.3) is 0 Å². The average Bonchev–Trinajstić information content (AvgIpc) is 1.88. The second kappa shape index (κ2) is 4.68. The average molecular weight is 138 g/mol. The van der Waals surface area contributed by atoms with Gasteiger partial charge in [-0.05, 0) is 31.6 Å². The normalized spacial score (nSPS) is 12.0. The molecule has 0 N–H and O–H groups in total. The first-order valence-corrected chi connectivity index (χ1v) is 3.01. The maximum atomic E-state index is 10.7. The lowest BCUT2D eigenvalue weighted by Gasteiger charge is -1.82. The molecule has 10 heavy (non-hydrogen) atoms. The SMILES string of the molecule is C/C=C\C(=O)/C=C(/C)C=O. The van der Waals surface area contributed by atoms with Crippen molar-refractivity contribution in [3.8, 4) is 0 Å². The van der Waals surface area contributed by atoms with Crippen molar-refractivity contribution in [1.82, 2.24) is 0 Å². The number of rotatable bonds is 3. The molecule has 0 aromatic rings. The van der Waals surface area contributed by atoms with Crippen molar-refractivity contribution in [1.29, 1.82) is 0 Å². The second-order valence-corrected chi connectivity index (χ2v) is 1.91. The molecule has 0 aliphatic heterocycles. The maximum Gasteiger partial charge on any atom is 0.178 e. The van der Waals surface area contributed by atoms with Gasteiger partial charge in [0.2, 0.25) is 0 Å². The van der Waals surface area contributed by atoms with Crippen molar-refractivity contribution in [3.63, 3.8) is 0 Å². The Morgan fingerprint density at radius 2 is 2.00 bits per heavy atom. The Kier molecular flexibility index (Phi) is 4.12. The van der Waals surface area contributed by atoms with Gasteiger partial charge in [-0.3, -0.25) is 9.59 Å². The highest BCUT2D eigenvalue weighted by Gasteiger charge is 1.89. The van der Waals surface area contributed by atoms with E-state index in [0.29, 0.717) is 11.9 Å². The monoisotopic (exact) mass is 138 g/mol. The number of carbonyl (C=O) groups excluding carboxylic acids is 2. The summed E-state index contributed by atoms with van der Waals surface area (Å²) >= 11 is 0. The molecule has 0 fully saturated rings. The molecule has 0 amide bonds. The van der Waals surface area contributed by atoms with Crippen LogP contribution in [0.1, 0.15) is 13.8 Å². The molecule has 0 bridgehead atoms. The highest BCUT2D eigenvalue weighted by Crippen LogP contribution is 1.88. The lowest BCUT2D eigenvalue weighted by Crippen LogP contribution is -1.88. The van der Waals surface area contributed by atoms with Crippen LogP contribution >= 0.6 is 0 Å². The highest BCUT2D eigenvalue weighted by atomic mass is 16.1. The topological polar surface area (TPSA) is 34.1 Å². The summed E-state index contributed by atoms with van der Waals surface area (Å²) in [5.41, 5.74) is 0.447. The molecular formula is C8H10O2. The fourth-order valence-electron chi connectivity index (χ4n) is 0.471. The number of ketones is 1. The van der Waals surface area contributed by atoms with Gasteiger partial charge in [-0.15, -0.1) is 0 Å². The molecule has 0 aliphatic rings. The van der Waals surface area contributed by atoms with Crippen molar-refractivity contribution in [2.75, 3.05) is 0 Å². The molecule has 0 spiro atoms. The third-order valence-corrected chi connectivity index (χ3v) is 0.887. The summed E-state index contributed by atoms with van der Waals surface area (Å²) in [6, 6.07) is 0. The van der Waals surface area contributed by atoms with E-state index >= 15 is 0 Å². The molecule has 0 radical (unpaired) electrons. The molecule has 0 atom stereocenters. The summed E-state index contributed by atoms with van der Waals surface area (Å²) in [6.07, 6.45) is 5.00. The van der Waals surface area contributed by atoms with Gasteiger partial charge in [0.25, 0.3) is 0 Å². The first-order chi connectivity index (χ1) is 4.70. The standard InChI is InChI=1S/C8H10O2/c1-3-4-8(10)5-7(2)6-9/h3-6H,1-2H3/b4-3-,7-5-. The predicted octanol–water partition coefficient (Wildman–Crippen LogP) is 1.28. The molecule has 0 aliphatic carbocycles. The van der Waals surface area contributed by atoms with Crippen LogP contribution in [0.4, 0.5) is 0 Å². The molecule has 0 saturated heterocycles. The van der Waals surface area contributed by atoms with Gasteiger partial charge < -0.3 is 0 Å². The summed E-state index contributed by atoms with van der Waals surface area (Å²) in [5.74, 6) is -0.146. The van der Waals surface area contributed by atoms with Crippen LogP contribution in [0.3, 0.4) is 0 Å². The molecule has 54 valence electrons. The van der Waals surface area contributed by atoms with Gasteiger partial charge in [0.05, 0.1) is 0 Å². The number of carbonyl (C=O) groups is 2. The highest BCUT2D eigenvalue weighted by molar-refractivity contribution is 6.02. The Morgan fingerprint density at radius 1 is 1.40 bits per heavy atom. The van der Waals surface area contributed by atoms with E-state index in [2.05, 4.69) is 0 Å². The van der Waals surface area contributed by atoms with E-state index in [1.807, 2.05) is 0 Å². The van der Waals surface area contributed by atoms with E-state index in [9.17, 15) is 9.59 Å². The molecular weight excluding hydrogens is 128 g/mol. The van der Waals surface area contributed by atoms with Gasteiger partial charge in [0, 0.05) is 0 Å². The van der Waals surface area contributed by atoms with Crippen LogP contribution < -0.4 is 0 Å². The van der Waals surface area contributed by atoms with E-state index in [4.69, 9.17) is 0 Å². The maximum absolute atomic E-state index is 10.7. The minimum absolute atomic E-state index is 0.146. The quantitative estimate of drug-likeness (QED) is 0.435. The number of hydrogen-bond acceptors (Lipinski definition) is 2. The Morgan fingerprint density at radius 3 is 2.40 bits per heavy atom. The Labute approximate surface area is 60.2 Å². The fraction of sp³-hybridized carbons (Fsp3) is 0.250. The summed E-state index contributed by atoms with van der Waals surface area (Å²) in [7, 11) is 0. The van der Waals surface area contributed by atoms with Crippen molar-refractivity contribution >= 4 is 12.1 Å². The number of allylic oxidation sites excluding steroid dienone is 4. The first kappa shape index (κ1) is 8.82. The predicted molar refractivity (Wildman–Crippen MR) is 39.6 cm³/mol. The Hall–Kier alpha value is -1.18. The van der Waals surface area contributed by atoms with Gasteiger partial charge in [-0.1, -0.05) is 6.08 Å². The van der Waals surface area contributed by atoms with Crippen LogP contribution in [-0.2, 0) is 9.59 Å². The van der Waals surface area contributed by atoms with Crippen molar-refractivity contribution in [3.05, 3.63) is 23.8 Å². The lowest BCUT2D eigenvalue weighted by atomic mass is 10.2. The van der Waals surface area contributed by atoms with Crippen LogP contribution in [0, 0.1) is 0 Å². The van der Waals surface area contributed by atoms with Gasteiger partial charge in [0.1, 0.15) is 6.29 Å². The molecule has 0 rings (SSSR count). The number of aldehydes is 1. The third-order valence-electron chi connectivity index (χ3n) is 0.887. The van der Waals surface area contributed by atoms with Crippen molar-refractivity contribution < 1.29 is 9.59 Å². The summed E-state index contributed by atoms with van der Waals surface area (Å²) in [6.45, 7) is 3.34. The molecule has 0 saturated carbocycles. The van der Waals surface area contributed by atoms with Crippen molar-refractivity contribution in [2.24, 2.45) is 0 Å². The van der Waals surface area contributed by atoms with Crippen molar-refractivity contribution in [2.45, 2.75) is 13.8 Å². The van der Waals surface area contributed by atoms with Gasteiger partial charge in [-0.2, -0.15) is 0 Å². The third kappa shape index (κ3) is 3.78. The minimum Gasteiger partial charge on any atom is -0.298 e. The molecule has 0 aromatic carbocycles. The molecule has 0 unspecified atom stereocenters. The fourth-order valence-corrected chi connectivity index (χ4v) is 0.471. The summed E-state index contributed by atoms with van der Waals surface area (Å²) < 4.78 is 0. The summed E-state index contributed by atoms with van der Waals surface area (Å²) in [4.78, 5) is 20.7. The smallest absolute Gasteiger partial charge is 0.178 e. The molecule has 0 aromatic heterocycles. The zero-order valence-corrected chi connectivity index (χ0v) is 6.13. The van der Waals surface area contributed by atoms with E-state index in [-0.39, 0.29) is 5.78 Å². The van der Waals surface area contributed by atoms with Gasteiger partial charge >= 0.3 is 0 Å². The Bertz CT molecular complexity index is 187. The van der Waals surface area contributed by atoms with E-state index in [0.717, 1.165) is 0 Å². The Balaban J connectivity index is 4.12. The second-order valence-electron chi connectivity index (χ2n) is 1.91. The largest absolute Gasteiger partial charge is 0.298 e. The van der Waals surface area contributed by atoms with Crippen LogP contribution in [0.15, 0.2) is 23.8 Å². The molecule has 2 nitrogen and oxygen atoms in total. The van der Waals surface area contributed by atoms with E-state index in [1.54, 1.807) is 19.9 Å². The minimum atomic E-state index is -0.146.